The van der Waals surface area contributed by atoms with Gasteiger partial charge in [0.2, 0.25) is 0 Å². The molecule has 0 fully saturated rings. The molecule has 3 heteroatoms. The summed E-state index contributed by atoms with van der Waals surface area (Å²) in [5.41, 5.74) is 11.7. The average molecular weight is 719 g/mol. The Kier molecular flexibility index (Phi) is 7.39. The Morgan fingerprint density at radius 1 is 0.364 bits per heavy atom. The van der Waals surface area contributed by atoms with Gasteiger partial charge in [-0.25, -0.2) is 0 Å². The molecule has 2 aromatic heterocycles. The minimum absolute atomic E-state index is 1.11. The molecule has 0 aliphatic rings. The van der Waals surface area contributed by atoms with Crippen LogP contribution in [0.1, 0.15) is 0 Å². The first-order valence-corrected chi connectivity index (χ1v) is 19.6. The summed E-state index contributed by atoms with van der Waals surface area (Å²) in [6.45, 7) is 0. The third kappa shape index (κ3) is 5.32. The Balaban J connectivity index is 0.999. The van der Waals surface area contributed by atoms with Crippen LogP contribution in [0, 0.1) is 0 Å². The minimum atomic E-state index is 1.11. The zero-order valence-electron chi connectivity index (χ0n) is 29.9. The maximum atomic E-state index is 2.41. The van der Waals surface area contributed by atoms with E-state index in [0.717, 1.165) is 22.7 Å². The number of aromatic nitrogens is 1. The highest BCUT2D eigenvalue weighted by Crippen LogP contribution is 2.44. The molecule has 0 amide bonds. The summed E-state index contributed by atoms with van der Waals surface area (Å²) in [6.07, 6.45) is 0. The minimum Gasteiger partial charge on any atom is -0.310 e. The van der Waals surface area contributed by atoms with Crippen molar-refractivity contribution < 1.29 is 0 Å². The van der Waals surface area contributed by atoms with Crippen molar-refractivity contribution in [3.8, 4) is 27.9 Å². The van der Waals surface area contributed by atoms with E-state index in [2.05, 4.69) is 216 Å². The van der Waals surface area contributed by atoms with Gasteiger partial charge in [0.15, 0.2) is 0 Å². The molecule has 258 valence electrons. The van der Waals surface area contributed by atoms with E-state index in [-0.39, 0.29) is 0 Å². The van der Waals surface area contributed by atoms with Crippen molar-refractivity contribution in [1.29, 1.82) is 0 Å². The largest absolute Gasteiger partial charge is 0.310 e. The van der Waals surface area contributed by atoms with E-state index < -0.39 is 0 Å². The van der Waals surface area contributed by atoms with Crippen LogP contribution in [0.15, 0.2) is 206 Å². The molecule has 0 N–H and O–H groups in total. The van der Waals surface area contributed by atoms with Crippen LogP contribution in [-0.2, 0) is 0 Å². The number of fused-ring (bicyclic) bond motifs is 7. The van der Waals surface area contributed by atoms with Crippen molar-refractivity contribution in [3.05, 3.63) is 206 Å². The summed E-state index contributed by atoms with van der Waals surface area (Å²) >= 11 is 1.86. The lowest BCUT2D eigenvalue weighted by atomic mass is 10.0. The summed E-state index contributed by atoms with van der Waals surface area (Å²) in [6, 6.07) is 75.2. The van der Waals surface area contributed by atoms with Crippen LogP contribution in [0.5, 0.6) is 0 Å². The van der Waals surface area contributed by atoms with E-state index in [1.165, 1.54) is 75.0 Å². The molecule has 0 bridgehead atoms. The van der Waals surface area contributed by atoms with E-state index >= 15 is 0 Å². The second-order valence-electron chi connectivity index (χ2n) is 14.2. The SMILES string of the molecule is c1ccc(-c2ccccc2N(c2ccc(-c3ccc(-n4c5ccccc5c5cc6ccccc6cc54)cc3)cc2)c2ccc3c(c2)sc2ccccc23)cc1. The van der Waals surface area contributed by atoms with Gasteiger partial charge in [0.05, 0.1) is 16.7 Å². The maximum absolute atomic E-state index is 2.41. The van der Waals surface area contributed by atoms with Gasteiger partial charge >= 0.3 is 0 Å². The van der Waals surface area contributed by atoms with Crippen molar-refractivity contribution in [2.45, 2.75) is 0 Å². The first-order valence-electron chi connectivity index (χ1n) is 18.8. The lowest BCUT2D eigenvalue weighted by Gasteiger charge is -2.28. The fourth-order valence-electron chi connectivity index (χ4n) is 8.35. The molecule has 11 aromatic rings. The van der Waals surface area contributed by atoms with Gasteiger partial charge in [-0.1, -0.05) is 140 Å². The number of anilines is 3. The number of thiophene rings is 1. The molecule has 0 atom stereocenters. The smallest absolute Gasteiger partial charge is 0.0547 e. The zero-order chi connectivity index (χ0) is 36.3. The highest BCUT2D eigenvalue weighted by atomic mass is 32.1. The fourth-order valence-corrected chi connectivity index (χ4v) is 9.49. The molecule has 0 radical (unpaired) electrons. The van der Waals surface area contributed by atoms with Crippen molar-refractivity contribution in [2.24, 2.45) is 0 Å². The number of rotatable bonds is 6. The standard InChI is InChI=1S/C52H34N2S/c1-2-12-37(13-3-1)43-16-6-9-19-48(43)53(42-30-31-46-45-18-8-11-21-51(45)55-52(46)34-42)40-26-22-35(23-27-40)36-24-28-41(29-25-36)54-49-20-10-7-17-44(49)47-32-38-14-4-5-15-39(38)33-50(47)54/h1-34H. The average Bonchev–Trinajstić information content (AvgIpc) is 3.78. The molecule has 0 aliphatic carbocycles. The Labute approximate surface area is 323 Å². The summed E-state index contributed by atoms with van der Waals surface area (Å²) < 4.78 is 5.00. The van der Waals surface area contributed by atoms with Gasteiger partial charge in [-0.3, -0.25) is 0 Å². The van der Waals surface area contributed by atoms with Gasteiger partial charge < -0.3 is 9.47 Å². The van der Waals surface area contributed by atoms with Crippen LogP contribution in [0.25, 0.3) is 80.7 Å². The van der Waals surface area contributed by atoms with Crippen molar-refractivity contribution in [3.63, 3.8) is 0 Å². The molecule has 0 saturated carbocycles. The third-order valence-electron chi connectivity index (χ3n) is 11.0. The molecular formula is C52H34N2S. The molecule has 9 aromatic carbocycles. The van der Waals surface area contributed by atoms with Crippen LogP contribution in [-0.4, -0.2) is 4.57 Å². The zero-order valence-corrected chi connectivity index (χ0v) is 30.7. The third-order valence-corrected chi connectivity index (χ3v) is 12.1. The Bertz CT molecular complexity index is 3190. The highest BCUT2D eigenvalue weighted by Gasteiger charge is 2.19. The second-order valence-corrected chi connectivity index (χ2v) is 15.2. The maximum Gasteiger partial charge on any atom is 0.0547 e. The Morgan fingerprint density at radius 3 is 1.80 bits per heavy atom. The molecule has 0 spiro atoms. The van der Waals surface area contributed by atoms with Gasteiger partial charge in [-0.05, 0) is 94.2 Å². The van der Waals surface area contributed by atoms with Gasteiger partial charge in [-0.15, -0.1) is 11.3 Å². The van der Waals surface area contributed by atoms with Gasteiger partial charge in [-0.2, -0.15) is 0 Å². The predicted molar refractivity (Wildman–Crippen MR) is 237 cm³/mol. The number of benzene rings is 9. The monoisotopic (exact) mass is 718 g/mol. The molecule has 0 aliphatic heterocycles. The topological polar surface area (TPSA) is 8.17 Å². The first-order chi connectivity index (χ1) is 27.3. The van der Waals surface area contributed by atoms with Crippen molar-refractivity contribution in [1.82, 2.24) is 4.57 Å². The van der Waals surface area contributed by atoms with Crippen molar-refractivity contribution in [2.75, 3.05) is 4.90 Å². The van der Waals surface area contributed by atoms with Crippen LogP contribution in [0.2, 0.25) is 0 Å². The molecule has 2 nitrogen and oxygen atoms in total. The molecule has 0 unspecified atom stereocenters. The number of para-hydroxylation sites is 2. The van der Waals surface area contributed by atoms with Gasteiger partial charge in [0, 0.05) is 53.6 Å². The predicted octanol–water partition coefficient (Wildman–Crippen LogP) is 15.1. The van der Waals surface area contributed by atoms with Gasteiger partial charge in [0.1, 0.15) is 0 Å². The highest BCUT2D eigenvalue weighted by molar-refractivity contribution is 7.25. The molecular weight excluding hydrogens is 685 g/mol. The van der Waals surface area contributed by atoms with E-state index in [9.17, 15) is 0 Å². The lowest BCUT2D eigenvalue weighted by Crippen LogP contribution is -2.11. The van der Waals surface area contributed by atoms with Crippen LogP contribution in [0.3, 0.4) is 0 Å². The van der Waals surface area contributed by atoms with Crippen LogP contribution < -0.4 is 4.90 Å². The number of hydrogen-bond donors (Lipinski definition) is 0. The summed E-state index contributed by atoms with van der Waals surface area (Å²) in [5, 5.41) is 7.67. The molecule has 2 heterocycles. The van der Waals surface area contributed by atoms with Gasteiger partial charge in [0.25, 0.3) is 0 Å². The lowest BCUT2D eigenvalue weighted by molar-refractivity contribution is 1.18. The Morgan fingerprint density at radius 2 is 0.982 bits per heavy atom. The number of nitrogens with zero attached hydrogens (tertiary/aromatic N) is 2. The second kappa shape index (κ2) is 12.9. The molecule has 55 heavy (non-hydrogen) atoms. The van der Waals surface area contributed by atoms with Crippen molar-refractivity contribution >= 4 is 81.1 Å². The summed E-state index contributed by atoms with van der Waals surface area (Å²) in [5.74, 6) is 0. The van der Waals surface area contributed by atoms with E-state index in [0.29, 0.717) is 0 Å². The summed E-state index contributed by atoms with van der Waals surface area (Å²) in [7, 11) is 0. The van der Waals surface area contributed by atoms with Crippen LogP contribution in [0.4, 0.5) is 17.1 Å². The Hall–Kier alpha value is -6.94. The molecule has 0 saturated heterocycles. The van der Waals surface area contributed by atoms with E-state index in [1.807, 2.05) is 11.3 Å². The first kappa shape index (κ1) is 31.6. The summed E-state index contributed by atoms with van der Waals surface area (Å²) in [4.78, 5) is 2.41. The number of hydrogen-bond acceptors (Lipinski definition) is 2. The quantitative estimate of drug-likeness (QED) is 0.166. The van der Waals surface area contributed by atoms with Crippen LogP contribution >= 0.6 is 11.3 Å². The van der Waals surface area contributed by atoms with E-state index in [1.54, 1.807) is 0 Å². The molecule has 11 rings (SSSR count). The fraction of sp³-hybridized carbons (Fsp3) is 0. The normalized spacial score (nSPS) is 11.6. The van der Waals surface area contributed by atoms with E-state index in [4.69, 9.17) is 0 Å².